The van der Waals surface area contributed by atoms with Gasteiger partial charge in [-0.15, -0.1) is 0 Å². The number of imidazole rings is 3. The smallest absolute Gasteiger partial charge is 0.209 e. The number of carbonyl (C=O) groups excluding carboxylic acids is 3. The highest BCUT2D eigenvalue weighted by molar-refractivity contribution is 7.99. The monoisotopic (exact) mass is 1150 g/mol. The van der Waals surface area contributed by atoms with E-state index in [1.165, 1.54) is 26.1 Å². The van der Waals surface area contributed by atoms with Crippen LogP contribution in [-0.2, 0) is 14.4 Å². The number of hydrogen-bond donors (Lipinski definition) is 8. The number of hydrogen-bond acceptors (Lipinski definition) is 17. The number of thioether (sulfide) groups is 2. The molecule has 0 unspecified atom stereocenters. The second kappa shape index (κ2) is 37.1. The van der Waals surface area contributed by atoms with Crippen LogP contribution in [-0.4, -0.2) is 287 Å². The Balaban J connectivity index is 0.000000157. The van der Waals surface area contributed by atoms with Crippen molar-refractivity contribution in [3.63, 3.8) is 0 Å². The van der Waals surface area contributed by atoms with Crippen molar-refractivity contribution in [2.24, 2.45) is 0 Å². The summed E-state index contributed by atoms with van der Waals surface area (Å²) < 4.78 is 0.682. The van der Waals surface area contributed by atoms with Gasteiger partial charge in [0, 0.05) is 169 Å². The lowest BCUT2D eigenvalue weighted by Gasteiger charge is -2.32. The van der Waals surface area contributed by atoms with Crippen LogP contribution < -0.4 is 10.6 Å². The first-order valence-corrected chi connectivity index (χ1v) is 30.3. The molecular formula is C55H86N16O5S3. The molecule has 0 atom stereocenters. The molecule has 5 saturated heterocycles. The Bertz CT molecular complexity index is 2500. The van der Waals surface area contributed by atoms with Crippen molar-refractivity contribution >= 4 is 88.1 Å². The van der Waals surface area contributed by atoms with Crippen LogP contribution >= 0.6 is 35.7 Å². The van der Waals surface area contributed by atoms with Crippen LogP contribution in [0, 0.1) is 4.77 Å². The van der Waals surface area contributed by atoms with E-state index in [0.717, 1.165) is 218 Å². The topological polar surface area (TPSA) is 231 Å². The van der Waals surface area contributed by atoms with Gasteiger partial charge in [0.25, 0.3) is 0 Å². The number of aliphatic hydroxyl groups is 2. The van der Waals surface area contributed by atoms with Crippen molar-refractivity contribution in [2.45, 2.75) is 23.7 Å². The summed E-state index contributed by atoms with van der Waals surface area (Å²) in [4.78, 5) is 70.3. The van der Waals surface area contributed by atoms with Crippen LogP contribution in [0.4, 0.5) is 0 Å². The number of rotatable bonds is 17. The van der Waals surface area contributed by atoms with Gasteiger partial charge in [-0.2, -0.15) is 0 Å². The third-order valence-corrected chi connectivity index (χ3v) is 15.8. The summed E-state index contributed by atoms with van der Waals surface area (Å²) in [6.45, 7) is 27.4. The SMILES string of the molecule is CCCN1CCN(C=O)CC1.O=CN1CCN(CCO)CC1.O=CN1CCN(CCSc2nc3ccccc3[nH]2)CC1.OCCN1CCNCC1.S=c1[nH]c2ccccc2[nH]1.c1ccc2[nH]c(SCCN3CCNCC3)nc2c1. The molecule has 5 aliphatic rings. The molecule has 79 heavy (non-hydrogen) atoms. The minimum absolute atomic E-state index is 0.209. The Morgan fingerprint density at radius 3 is 1.14 bits per heavy atom. The molecule has 0 aliphatic carbocycles. The third-order valence-electron chi connectivity index (χ3n) is 13.9. The molecule has 434 valence electrons. The van der Waals surface area contributed by atoms with E-state index >= 15 is 0 Å². The van der Waals surface area contributed by atoms with E-state index in [0.29, 0.717) is 11.4 Å². The number of benzene rings is 3. The molecule has 3 aromatic carbocycles. The number of H-pyrrole nitrogens is 4. The predicted octanol–water partition coefficient (Wildman–Crippen LogP) is 3.02. The van der Waals surface area contributed by atoms with Gasteiger partial charge in [0.2, 0.25) is 19.2 Å². The zero-order valence-corrected chi connectivity index (χ0v) is 48.6. The fraction of sp³-hybridized carbons (Fsp3) is 0.564. The number of carbonyl (C=O) groups is 3. The van der Waals surface area contributed by atoms with E-state index in [-0.39, 0.29) is 6.61 Å². The van der Waals surface area contributed by atoms with Crippen LogP contribution in [0.2, 0.25) is 0 Å². The lowest BCUT2D eigenvalue weighted by atomic mass is 10.3. The van der Waals surface area contributed by atoms with Crippen molar-refractivity contribution in [1.82, 2.24) is 79.7 Å². The summed E-state index contributed by atoms with van der Waals surface area (Å²) >= 11 is 8.47. The molecule has 8 heterocycles. The van der Waals surface area contributed by atoms with Gasteiger partial charge in [-0.3, -0.25) is 38.9 Å². The highest BCUT2D eigenvalue weighted by Gasteiger charge is 2.17. The Labute approximate surface area is 479 Å². The predicted molar refractivity (Wildman–Crippen MR) is 322 cm³/mol. The molecule has 3 aromatic heterocycles. The van der Waals surface area contributed by atoms with E-state index < -0.39 is 0 Å². The summed E-state index contributed by atoms with van der Waals surface area (Å²) in [6.07, 6.45) is 3.99. The van der Waals surface area contributed by atoms with E-state index in [1.54, 1.807) is 16.7 Å². The minimum Gasteiger partial charge on any atom is -0.395 e. The first kappa shape index (κ1) is 63.2. The molecule has 0 spiro atoms. The second-order valence-corrected chi connectivity index (χ2v) is 22.1. The first-order valence-electron chi connectivity index (χ1n) is 27.9. The minimum atomic E-state index is 0.209. The number of nitrogens with zero attached hydrogens (tertiary/aromatic N) is 10. The number of para-hydroxylation sites is 6. The molecule has 11 rings (SSSR count). The van der Waals surface area contributed by atoms with Crippen molar-refractivity contribution in [3.8, 4) is 0 Å². The number of fused-ring (bicyclic) bond motifs is 3. The largest absolute Gasteiger partial charge is 0.395 e. The first-order chi connectivity index (χ1) is 38.8. The molecule has 21 nitrogen and oxygen atoms in total. The lowest BCUT2D eigenvalue weighted by Crippen LogP contribution is -2.46. The maximum absolute atomic E-state index is 10.6. The quantitative estimate of drug-likeness (QED) is 0.0373. The number of aromatic nitrogens is 6. The molecule has 0 radical (unpaired) electrons. The van der Waals surface area contributed by atoms with Crippen LogP contribution in [0.1, 0.15) is 13.3 Å². The fourth-order valence-corrected chi connectivity index (χ4v) is 11.3. The van der Waals surface area contributed by atoms with Crippen molar-refractivity contribution < 1.29 is 24.6 Å². The average Bonchev–Trinajstić information content (AvgIpc) is 4.27. The third kappa shape index (κ3) is 23.6. The standard InChI is InChI=1S/C14H18N4OS.C13H18N4S.C8H16N2O.C7H14N2O2.C7H6N2S.C6H14N2O/c19-11-18-7-5-17(6-8-18)9-10-20-14-15-12-3-1-2-4-13(12)16-14;1-2-4-12-11(3-1)15-13(16-12)18-10-9-17-7-5-14-6-8-17;1-2-3-9-4-6-10(8-11)7-5-9;10-6-5-8-1-3-9(7-11)4-2-8;10-7-8-5-3-1-2-4-6(5)9-7;9-6-5-8-3-1-7-2-4-8/h1-4,11H,5-10H2,(H,15,16);1-4,14H,5-10H2,(H,15,16);8H,2-7H2,1H3;7,10H,1-6H2;1-4H,(H2,8,9,10);7,9H,1-6H2. The Morgan fingerprint density at radius 1 is 0.456 bits per heavy atom. The van der Waals surface area contributed by atoms with Crippen LogP contribution in [0.25, 0.3) is 33.1 Å². The van der Waals surface area contributed by atoms with Crippen LogP contribution in [0.5, 0.6) is 0 Å². The molecule has 0 saturated carbocycles. The van der Waals surface area contributed by atoms with Crippen LogP contribution in [0.3, 0.4) is 0 Å². The Hall–Kier alpha value is -4.96. The fourth-order valence-electron chi connectivity index (χ4n) is 9.26. The molecule has 24 heteroatoms. The average molecular weight is 1150 g/mol. The Morgan fingerprint density at radius 2 is 0.785 bits per heavy atom. The van der Waals surface area contributed by atoms with Gasteiger partial charge in [-0.1, -0.05) is 66.8 Å². The van der Waals surface area contributed by atoms with E-state index in [1.807, 2.05) is 88.3 Å². The van der Waals surface area contributed by atoms with Crippen LogP contribution in [0.15, 0.2) is 83.1 Å². The van der Waals surface area contributed by atoms with Crippen molar-refractivity contribution in [2.75, 3.05) is 188 Å². The van der Waals surface area contributed by atoms with Gasteiger partial charge in [-0.25, -0.2) is 9.97 Å². The number of amides is 3. The van der Waals surface area contributed by atoms with Gasteiger partial charge >= 0.3 is 0 Å². The highest BCUT2D eigenvalue weighted by atomic mass is 32.2. The molecule has 3 amide bonds. The molecule has 6 aromatic rings. The summed E-state index contributed by atoms with van der Waals surface area (Å²) in [6, 6.07) is 24.2. The van der Waals surface area contributed by atoms with E-state index in [2.05, 4.69) is 78.0 Å². The lowest BCUT2D eigenvalue weighted by molar-refractivity contribution is -0.120. The molecule has 5 aliphatic heterocycles. The van der Waals surface area contributed by atoms with Gasteiger partial charge in [0.15, 0.2) is 15.1 Å². The maximum atomic E-state index is 10.6. The molecular weight excluding hydrogens is 1060 g/mol. The zero-order valence-electron chi connectivity index (χ0n) is 46.2. The summed E-state index contributed by atoms with van der Waals surface area (Å²) in [5, 5.41) is 25.8. The van der Waals surface area contributed by atoms with Gasteiger partial charge in [0.1, 0.15) is 0 Å². The molecule has 5 fully saturated rings. The van der Waals surface area contributed by atoms with Crippen molar-refractivity contribution in [1.29, 1.82) is 0 Å². The van der Waals surface area contributed by atoms with E-state index in [4.69, 9.17) is 22.4 Å². The maximum Gasteiger partial charge on any atom is 0.209 e. The van der Waals surface area contributed by atoms with Gasteiger partial charge in [0.05, 0.1) is 46.3 Å². The normalized spacial score (nSPS) is 17.7. The summed E-state index contributed by atoms with van der Waals surface area (Å²) in [5.41, 5.74) is 6.42. The van der Waals surface area contributed by atoms with Gasteiger partial charge in [-0.05, 0) is 61.6 Å². The summed E-state index contributed by atoms with van der Waals surface area (Å²) in [5.74, 6) is 2.11. The second-order valence-electron chi connectivity index (χ2n) is 19.5. The number of piperazine rings is 5. The summed E-state index contributed by atoms with van der Waals surface area (Å²) in [7, 11) is 0. The number of nitrogens with one attached hydrogen (secondary N) is 6. The molecule has 0 bridgehead atoms. The van der Waals surface area contributed by atoms with E-state index in [9.17, 15) is 14.4 Å². The van der Waals surface area contributed by atoms with Gasteiger partial charge < -0.3 is 55.5 Å². The highest BCUT2D eigenvalue weighted by Crippen LogP contribution is 2.20. The number of aliphatic hydroxyl groups excluding tert-OH is 2. The number of aromatic amines is 4. The number of β-amino-alcohol motifs (C(OH)–C–C–N with tert-alkyl or cyclic N) is 2. The Kier molecular flexibility index (Phi) is 29.7. The van der Waals surface area contributed by atoms with Crippen molar-refractivity contribution in [3.05, 3.63) is 77.6 Å². The molecule has 8 N–H and O–H groups in total. The zero-order chi connectivity index (χ0) is 55.7.